The molecule has 0 aromatic heterocycles. The molecule has 0 aliphatic rings. The van der Waals surface area contributed by atoms with E-state index in [1.807, 2.05) is 0 Å². The van der Waals surface area contributed by atoms with Crippen molar-refractivity contribution in [3.8, 4) is 0 Å². The second kappa shape index (κ2) is 8.71. The lowest BCUT2D eigenvalue weighted by molar-refractivity contribution is -0.386. The first-order valence-corrected chi connectivity index (χ1v) is 8.46. The minimum Gasteiger partial charge on any atom is -0.400 e. The van der Waals surface area contributed by atoms with Crippen LogP contribution >= 0.6 is 0 Å². The summed E-state index contributed by atoms with van der Waals surface area (Å²) in [5.74, 6) is -28.3. The van der Waals surface area contributed by atoms with Crippen LogP contribution in [-0.4, -0.2) is 72.1 Å². The van der Waals surface area contributed by atoms with E-state index in [2.05, 4.69) is 8.85 Å². The summed E-state index contributed by atoms with van der Waals surface area (Å²) in [5.41, 5.74) is 0. The van der Waals surface area contributed by atoms with Gasteiger partial charge in [0.05, 0.1) is 0 Å². The lowest BCUT2D eigenvalue weighted by atomic mass is 9.92. The summed E-state index contributed by atoms with van der Waals surface area (Å²) < 4.78 is 178. The zero-order chi connectivity index (χ0) is 22.0. The van der Waals surface area contributed by atoms with E-state index in [1.54, 1.807) is 0 Å². The largest absolute Gasteiger partial charge is 0.400 e. The molecular formula is C11H13F13O2Si. The highest BCUT2D eigenvalue weighted by Crippen LogP contribution is 2.56. The van der Waals surface area contributed by atoms with Crippen LogP contribution in [0.1, 0.15) is 0 Å². The van der Waals surface area contributed by atoms with Crippen LogP contribution in [0.5, 0.6) is 0 Å². The van der Waals surface area contributed by atoms with Gasteiger partial charge in [-0.1, -0.05) is 0 Å². The Hall–Kier alpha value is -0.773. The molecule has 0 aromatic carbocycles. The quantitative estimate of drug-likeness (QED) is 0.344. The van der Waals surface area contributed by atoms with Crippen molar-refractivity contribution in [2.75, 3.05) is 14.2 Å². The van der Waals surface area contributed by atoms with Gasteiger partial charge in [-0.2, -0.15) is 35.1 Å². The topological polar surface area (TPSA) is 18.5 Å². The summed E-state index contributed by atoms with van der Waals surface area (Å²) in [6.45, 7) is 0. The van der Waals surface area contributed by atoms with Crippen molar-refractivity contribution in [2.45, 2.75) is 54.7 Å². The van der Waals surface area contributed by atoms with Crippen molar-refractivity contribution in [2.24, 2.45) is 0 Å². The van der Waals surface area contributed by atoms with E-state index in [0.29, 0.717) is 0 Å². The van der Waals surface area contributed by atoms with Crippen molar-refractivity contribution in [1.82, 2.24) is 0 Å². The molecule has 3 unspecified atom stereocenters. The molecule has 0 amide bonds. The fraction of sp³-hybridized carbons (Fsp3) is 1.00. The van der Waals surface area contributed by atoms with Crippen molar-refractivity contribution in [1.29, 1.82) is 0 Å². The maximum atomic E-state index is 13.5. The molecule has 0 saturated carbocycles. The Balaban J connectivity index is 5.91. The Kier molecular flexibility index (Phi) is 8.46. The third-order valence-electron chi connectivity index (χ3n) is 3.42. The van der Waals surface area contributed by atoms with Crippen LogP contribution in [0.25, 0.3) is 0 Å². The summed E-state index contributed by atoms with van der Waals surface area (Å²) in [7, 11) is -1.88. The normalized spacial score (nSPS) is 18.1. The molecule has 0 aromatic rings. The number of alkyl halides is 13. The van der Waals surface area contributed by atoms with Gasteiger partial charge in [0.25, 0.3) is 6.43 Å². The van der Waals surface area contributed by atoms with Crippen LogP contribution in [0, 0.1) is 0 Å². The van der Waals surface area contributed by atoms with Gasteiger partial charge in [-0.25, -0.2) is 22.0 Å². The van der Waals surface area contributed by atoms with Gasteiger partial charge in [0.1, 0.15) is 0 Å². The maximum Gasteiger partial charge on any atom is 0.381 e. The molecule has 0 fully saturated rings. The van der Waals surface area contributed by atoms with E-state index in [9.17, 15) is 57.1 Å². The average molecular weight is 452 g/mol. The second-order valence-corrected chi connectivity index (χ2v) is 7.45. The van der Waals surface area contributed by atoms with E-state index >= 15 is 0 Å². The van der Waals surface area contributed by atoms with Gasteiger partial charge in [-0.05, 0) is 0 Å². The van der Waals surface area contributed by atoms with Gasteiger partial charge >= 0.3 is 33.0 Å². The summed E-state index contributed by atoms with van der Waals surface area (Å²) in [6, 6.07) is -1.71. The number of hydrogen-bond acceptors (Lipinski definition) is 2. The highest BCUT2D eigenvalue weighted by atomic mass is 28.3. The number of hydrogen-bond donors (Lipinski definition) is 0. The Bertz CT molecular complexity index is 471. The number of rotatable bonds is 11. The van der Waals surface area contributed by atoms with E-state index in [1.165, 1.54) is 0 Å². The molecule has 2 nitrogen and oxygen atoms in total. The number of halogens is 13. The molecule has 164 valence electrons. The smallest absolute Gasteiger partial charge is 0.381 e. The van der Waals surface area contributed by atoms with E-state index in [0.717, 1.165) is 14.2 Å². The van der Waals surface area contributed by atoms with Gasteiger partial charge in [0.2, 0.25) is 6.17 Å². The first kappa shape index (κ1) is 26.2. The summed E-state index contributed by atoms with van der Waals surface area (Å²) in [5, 5.41) is 0. The Morgan fingerprint density at radius 1 is 0.704 bits per heavy atom. The molecular weight excluding hydrogens is 439 g/mol. The molecule has 3 atom stereocenters. The molecule has 16 heteroatoms. The predicted octanol–water partition coefficient (Wildman–Crippen LogP) is 4.32. The Morgan fingerprint density at radius 2 is 1.07 bits per heavy atom. The molecule has 0 spiro atoms. The van der Waals surface area contributed by atoms with Crippen LogP contribution in [-0.2, 0) is 8.85 Å². The molecule has 27 heavy (non-hydrogen) atoms. The molecule has 0 radical (unpaired) electrons. The molecule has 0 heterocycles. The van der Waals surface area contributed by atoms with Crippen molar-refractivity contribution in [3.05, 3.63) is 0 Å². The van der Waals surface area contributed by atoms with Gasteiger partial charge in [-0.15, -0.1) is 0 Å². The van der Waals surface area contributed by atoms with Gasteiger partial charge in [0, 0.05) is 20.3 Å². The first-order valence-electron chi connectivity index (χ1n) is 6.70. The summed E-state index contributed by atoms with van der Waals surface area (Å²) in [6.07, 6.45) is -18.9. The van der Waals surface area contributed by atoms with Crippen LogP contribution in [0.4, 0.5) is 57.1 Å². The van der Waals surface area contributed by atoms with E-state index < -0.39 is 64.0 Å². The monoisotopic (exact) mass is 452 g/mol. The molecule has 0 N–H and O–H groups in total. The standard InChI is InChI=1S/C11H13F13O2Si/c1-25-27(26-2)3-4(12)8(17,18)10(21,22)11(23,24)9(19,20)6(14)5(13)7(15)16/h4-7,27H,3H2,1-2H3. The fourth-order valence-electron chi connectivity index (χ4n) is 1.72. The lowest BCUT2D eigenvalue weighted by Gasteiger charge is -2.39. The minimum atomic E-state index is -7.44. The van der Waals surface area contributed by atoms with Gasteiger partial charge in [-0.3, -0.25) is 0 Å². The fourth-order valence-corrected chi connectivity index (χ4v) is 2.93. The van der Waals surface area contributed by atoms with E-state index in [-0.39, 0.29) is 0 Å². The average Bonchev–Trinajstić information content (AvgIpc) is 2.56. The van der Waals surface area contributed by atoms with Gasteiger partial charge in [0.15, 0.2) is 12.3 Å². The molecule has 0 saturated heterocycles. The molecule has 0 bridgehead atoms. The van der Waals surface area contributed by atoms with Crippen molar-refractivity contribution in [3.63, 3.8) is 0 Å². The van der Waals surface area contributed by atoms with Crippen LogP contribution in [0.15, 0.2) is 0 Å². The van der Waals surface area contributed by atoms with Crippen molar-refractivity contribution >= 4 is 9.28 Å². The highest BCUT2D eigenvalue weighted by Gasteiger charge is 2.84. The Morgan fingerprint density at radius 3 is 1.41 bits per heavy atom. The molecule has 0 rings (SSSR count). The zero-order valence-electron chi connectivity index (χ0n) is 13.3. The van der Waals surface area contributed by atoms with Crippen LogP contribution in [0.3, 0.4) is 0 Å². The first-order chi connectivity index (χ1) is 11.9. The summed E-state index contributed by atoms with van der Waals surface area (Å²) in [4.78, 5) is 0. The second-order valence-electron chi connectivity index (χ2n) is 5.18. The third kappa shape index (κ3) is 4.63. The van der Waals surface area contributed by atoms with Crippen molar-refractivity contribution < 1.29 is 65.9 Å². The third-order valence-corrected chi connectivity index (χ3v) is 5.27. The van der Waals surface area contributed by atoms with Crippen LogP contribution < -0.4 is 0 Å². The SMILES string of the molecule is CO[SiH](CC(F)C(F)(F)C(F)(F)C(F)(F)C(F)(F)C(F)C(F)C(F)F)OC. The molecule has 0 aliphatic heterocycles. The highest BCUT2D eigenvalue weighted by molar-refractivity contribution is 6.44. The van der Waals surface area contributed by atoms with E-state index in [4.69, 9.17) is 0 Å². The zero-order valence-corrected chi connectivity index (χ0v) is 14.5. The Labute approximate surface area is 145 Å². The van der Waals surface area contributed by atoms with Gasteiger partial charge < -0.3 is 8.85 Å². The minimum absolute atomic E-state index is 0.769. The predicted molar refractivity (Wildman–Crippen MR) is 66.5 cm³/mol. The van der Waals surface area contributed by atoms with Crippen LogP contribution in [0.2, 0.25) is 6.04 Å². The summed E-state index contributed by atoms with van der Waals surface area (Å²) >= 11 is 0. The lowest BCUT2D eigenvalue weighted by Crippen LogP contribution is -2.68. The molecule has 0 aliphatic carbocycles. The maximum absolute atomic E-state index is 13.5.